The zero-order valence-corrected chi connectivity index (χ0v) is 5.85. The Balaban J connectivity index is 2.63. The molecule has 0 aromatic carbocycles. The van der Waals surface area contributed by atoms with Crippen LogP contribution in [0.15, 0.2) is 0 Å². The van der Waals surface area contributed by atoms with Crippen molar-refractivity contribution < 1.29 is 3.79 Å². The predicted molar refractivity (Wildman–Crippen MR) is 29.1 cm³/mol. The molecule has 1 nitrogen and oxygen atoms in total. The quantitative estimate of drug-likeness (QED) is 0.477. The Kier molecular flexibility index (Phi) is 3.98. The lowest BCUT2D eigenvalue weighted by molar-refractivity contribution is 0.350. The lowest BCUT2D eigenvalue weighted by Crippen LogP contribution is -2.05. The zero-order valence-electron chi connectivity index (χ0n) is 4.69. The minimum absolute atomic E-state index is 0.671. The normalized spacial score (nSPS) is 8.50. The molecule has 2 heteroatoms. The Morgan fingerprint density at radius 2 is 2.00 bits per heavy atom. The highest BCUT2D eigenvalue weighted by Crippen LogP contribution is 1.79. The molecule has 0 fully saturated rings. The highest BCUT2D eigenvalue weighted by Gasteiger charge is 1.98. The van der Waals surface area contributed by atoms with Gasteiger partial charge in [0, 0.05) is 6.61 Å². The van der Waals surface area contributed by atoms with E-state index in [9.17, 15) is 0 Å². The van der Waals surface area contributed by atoms with Crippen LogP contribution >= 0.6 is 0 Å². The maximum absolute atomic E-state index is 5.18. The van der Waals surface area contributed by atoms with Crippen molar-refractivity contribution in [3.63, 3.8) is 0 Å². The van der Waals surface area contributed by atoms with Crippen LogP contribution in [-0.2, 0) is 3.79 Å². The van der Waals surface area contributed by atoms with Gasteiger partial charge in [-0.3, -0.25) is 0 Å². The van der Waals surface area contributed by atoms with E-state index in [1.165, 1.54) is 0 Å². The number of rotatable bonds is 2. The van der Waals surface area contributed by atoms with Gasteiger partial charge >= 0.3 is 14.5 Å². The van der Waals surface area contributed by atoms with Crippen molar-refractivity contribution in [1.82, 2.24) is 0 Å². The van der Waals surface area contributed by atoms with Gasteiger partial charge in [-0.15, -0.1) is 0 Å². The summed E-state index contributed by atoms with van der Waals surface area (Å²) in [6.45, 7) is 2.93. The van der Waals surface area contributed by atoms with Crippen LogP contribution in [0.1, 0.15) is 6.92 Å². The molecule has 0 bridgehead atoms. The molecule has 0 aliphatic rings. The summed E-state index contributed by atoms with van der Waals surface area (Å²) < 4.78 is 5.18. The Morgan fingerprint density at radius 1 is 1.50 bits per heavy atom. The molecule has 36 valence electrons. The van der Waals surface area contributed by atoms with Gasteiger partial charge in [-0.1, -0.05) is 11.6 Å². The van der Waals surface area contributed by atoms with Crippen molar-refractivity contribution in [2.75, 3.05) is 6.61 Å². The lowest BCUT2D eigenvalue weighted by Gasteiger charge is -1.95. The largest absolute Gasteiger partial charge is 0.501 e. The van der Waals surface area contributed by atoms with Gasteiger partial charge in [0.25, 0.3) is 0 Å². The van der Waals surface area contributed by atoms with E-state index >= 15 is 0 Å². The minimum atomic E-state index is -0.671. The second-order valence-electron chi connectivity index (χ2n) is 1.50. The standard InChI is InChI=1S/C2H5O.2CH3.Al/c1-2-3;;;/h2H2,1H3;2*1H3;/q-1;;;+1. The van der Waals surface area contributed by atoms with Crippen LogP contribution in [0.4, 0.5) is 0 Å². The highest BCUT2D eigenvalue weighted by atomic mass is 27.2. The van der Waals surface area contributed by atoms with Crippen molar-refractivity contribution in [3.8, 4) is 0 Å². The molecular weight excluding hydrogens is 91.0 g/mol. The van der Waals surface area contributed by atoms with Gasteiger partial charge < -0.3 is 3.79 Å². The molecule has 0 unspecified atom stereocenters. The van der Waals surface area contributed by atoms with Crippen LogP contribution in [0.5, 0.6) is 0 Å². The molecule has 0 aliphatic heterocycles. The Labute approximate surface area is 44.0 Å². The fourth-order valence-corrected chi connectivity index (χ4v) is 1.00. The molecule has 0 amide bonds. The topological polar surface area (TPSA) is 9.23 Å². The Bertz CT molecular complexity index is 28.7. The van der Waals surface area contributed by atoms with Crippen molar-refractivity contribution in [1.29, 1.82) is 0 Å². The van der Waals surface area contributed by atoms with Crippen LogP contribution in [0, 0.1) is 0 Å². The number of hydrogen-bond acceptors (Lipinski definition) is 1. The van der Waals surface area contributed by atoms with Crippen LogP contribution in [0.2, 0.25) is 11.6 Å². The molecule has 0 spiro atoms. The summed E-state index contributed by atoms with van der Waals surface area (Å²) in [5.41, 5.74) is 0. The molecule has 0 aromatic heterocycles. The third-order valence-corrected chi connectivity index (χ3v) is 1.50. The summed E-state index contributed by atoms with van der Waals surface area (Å²) in [4.78, 5) is 0. The van der Waals surface area contributed by atoms with E-state index in [0.717, 1.165) is 6.61 Å². The first-order valence-electron chi connectivity index (χ1n) is 2.39. The van der Waals surface area contributed by atoms with Crippen LogP contribution < -0.4 is 0 Å². The van der Waals surface area contributed by atoms with Crippen molar-refractivity contribution in [3.05, 3.63) is 0 Å². The van der Waals surface area contributed by atoms with E-state index < -0.39 is 14.5 Å². The van der Waals surface area contributed by atoms with Crippen molar-refractivity contribution in [2.45, 2.75) is 18.5 Å². The second-order valence-corrected chi connectivity index (χ2v) is 3.93. The van der Waals surface area contributed by atoms with Crippen LogP contribution in [-0.4, -0.2) is 21.1 Å². The van der Waals surface area contributed by atoms with Gasteiger partial charge in [-0.25, -0.2) is 0 Å². The summed E-state index contributed by atoms with van der Waals surface area (Å²) in [6, 6.07) is 0. The molecule has 0 aliphatic carbocycles. The van der Waals surface area contributed by atoms with Gasteiger partial charge in [-0.05, 0) is 6.92 Å². The first-order chi connectivity index (χ1) is 2.77. The summed E-state index contributed by atoms with van der Waals surface area (Å²) in [5, 5.41) is 0. The Hall–Kier alpha value is 0.492. The first kappa shape index (κ1) is 6.49. The highest BCUT2D eigenvalue weighted by molar-refractivity contribution is 6.48. The fraction of sp³-hybridized carbons (Fsp3) is 1.00. The first-order valence-corrected chi connectivity index (χ1v) is 5.17. The van der Waals surface area contributed by atoms with E-state index in [1.807, 2.05) is 6.92 Å². The SMILES string of the molecule is CC[O][Al]([CH3])[CH3]. The summed E-state index contributed by atoms with van der Waals surface area (Å²) in [6.07, 6.45) is 0. The maximum atomic E-state index is 5.18. The molecule has 0 N–H and O–H groups in total. The van der Waals surface area contributed by atoms with E-state index in [4.69, 9.17) is 3.79 Å². The van der Waals surface area contributed by atoms with Gasteiger partial charge in [0.15, 0.2) is 0 Å². The Morgan fingerprint density at radius 3 is 2.00 bits per heavy atom. The van der Waals surface area contributed by atoms with Gasteiger partial charge in [0.05, 0.1) is 0 Å². The minimum Gasteiger partial charge on any atom is -0.501 e. The predicted octanol–water partition coefficient (Wildman–Crippen LogP) is 1.27. The zero-order chi connectivity index (χ0) is 4.99. The average molecular weight is 102 g/mol. The van der Waals surface area contributed by atoms with Crippen molar-refractivity contribution >= 4 is 14.5 Å². The summed E-state index contributed by atoms with van der Waals surface area (Å²) in [7, 11) is 0. The smallest absolute Gasteiger partial charge is 0.453 e. The van der Waals surface area contributed by atoms with Gasteiger partial charge in [-0.2, -0.15) is 0 Å². The number of hydrogen-bond donors (Lipinski definition) is 0. The fourth-order valence-electron chi connectivity index (χ4n) is 0.333. The van der Waals surface area contributed by atoms with E-state index in [1.54, 1.807) is 0 Å². The molecule has 0 aromatic rings. The third kappa shape index (κ3) is 4.49. The monoisotopic (exact) mass is 102 g/mol. The summed E-state index contributed by atoms with van der Waals surface area (Å²) >= 11 is -0.671. The maximum Gasteiger partial charge on any atom is 0.453 e. The van der Waals surface area contributed by atoms with E-state index in [0.29, 0.717) is 0 Å². The van der Waals surface area contributed by atoms with Crippen LogP contribution in [0.25, 0.3) is 0 Å². The van der Waals surface area contributed by atoms with E-state index in [-0.39, 0.29) is 0 Å². The molecule has 0 rings (SSSR count). The average Bonchev–Trinajstić information content (AvgIpc) is 1.35. The molecule has 0 saturated heterocycles. The van der Waals surface area contributed by atoms with Crippen LogP contribution in [0.3, 0.4) is 0 Å². The lowest BCUT2D eigenvalue weighted by atomic mass is 10.9. The second kappa shape index (κ2) is 3.67. The van der Waals surface area contributed by atoms with Crippen molar-refractivity contribution in [2.24, 2.45) is 0 Å². The summed E-state index contributed by atoms with van der Waals surface area (Å²) in [5.74, 6) is 4.34. The van der Waals surface area contributed by atoms with E-state index in [2.05, 4.69) is 11.6 Å². The molecule has 0 radical (unpaired) electrons. The molecule has 0 atom stereocenters. The molecular formula is C4H11AlO. The van der Waals surface area contributed by atoms with Gasteiger partial charge in [0.2, 0.25) is 0 Å². The van der Waals surface area contributed by atoms with Gasteiger partial charge in [0.1, 0.15) is 0 Å². The third-order valence-electron chi connectivity index (χ3n) is 0.500. The molecule has 6 heavy (non-hydrogen) atoms. The molecule has 0 heterocycles. The molecule has 0 saturated carbocycles.